The Morgan fingerprint density at radius 1 is 0.364 bits per heavy atom. The summed E-state index contributed by atoms with van der Waals surface area (Å²) >= 11 is 1.85. The minimum atomic E-state index is 0.867. The Morgan fingerprint density at radius 2 is 0.945 bits per heavy atom. The molecule has 0 unspecified atom stereocenters. The van der Waals surface area contributed by atoms with Gasteiger partial charge in [-0.1, -0.05) is 152 Å². The van der Waals surface area contributed by atoms with E-state index in [9.17, 15) is 0 Å². The van der Waals surface area contributed by atoms with Crippen LogP contribution in [-0.4, -0.2) is 0 Å². The molecule has 9 aromatic carbocycles. The second kappa shape index (κ2) is 12.9. The van der Waals surface area contributed by atoms with Crippen molar-refractivity contribution in [1.29, 1.82) is 0 Å². The normalized spacial score (nSPS) is 11.6. The molecule has 0 aliphatic carbocycles. The average molecular weight is 720 g/mol. The summed E-state index contributed by atoms with van der Waals surface area (Å²) in [5.74, 6) is 0. The van der Waals surface area contributed by atoms with E-state index < -0.39 is 0 Å². The highest BCUT2D eigenvalue weighted by atomic mass is 32.1. The molecule has 0 saturated carbocycles. The first-order chi connectivity index (χ1) is 27.3. The average Bonchev–Trinajstić information content (AvgIpc) is 3.83. The van der Waals surface area contributed by atoms with Gasteiger partial charge in [0.05, 0.1) is 11.4 Å². The van der Waals surface area contributed by atoms with Gasteiger partial charge < -0.3 is 9.32 Å². The number of para-hydroxylation sites is 3. The summed E-state index contributed by atoms with van der Waals surface area (Å²) in [5, 5.41) is 7.32. The largest absolute Gasteiger partial charge is 0.454 e. The zero-order valence-corrected chi connectivity index (χ0v) is 30.6. The van der Waals surface area contributed by atoms with E-state index in [-0.39, 0.29) is 0 Å². The van der Waals surface area contributed by atoms with Crippen molar-refractivity contribution in [2.45, 2.75) is 0 Å². The van der Waals surface area contributed by atoms with Crippen LogP contribution >= 0.6 is 11.3 Å². The molecule has 0 atom stereocenters. The van der Waals surface area contributed by atoms with Gasteiger partial charge in [0.1, 0.15) is 5.58 Å². The summed E-state index contributed by atoms with van der Waals surface area (Å²) < 4.78 is 9.28. The number of nitrogens with zero attached hydrogens (tertiary/aromatic N) is 1. The third-order valence-electron chi connectivity index (χ3n) is 10.9. The van der Waals surface area contributed by atoms with Crippen LogP contribution in [0, 0.1) is 0 Å². The van der Waals surface area contributed by atoms with Crippen molar-refractivity contribution in [2.75, 3.05) is 4.90 Å². The fourth-order valence-electron chi connectivity index (χ4n) is 8.24. The number of fused-ring (bicyclic) bond motifs is 7. The molecule has 0 amide bonds. The van der Waals surface area contributed by atoms with Crippen molar-refractivity contribution in [1.82, 2.24) is 0 Å². The molecular formula is C52H33NOS. The molecule has 0 aliphatic rings. The Kier molecular flexibility index (Phi) is 7.39. The topological polar surface area (TPSA) is 16.4 Å². The van der Waals surface area contributed by atoms with Crippen LogP contribution in [0.5, 0.6) is 0 Å². The highest BCUT2D eigenvalue weighted by Crippen LogP contribution is 2.46. The SMILES string of the molecule is c1ccc(N(c2ccc(-c3ccc(-c4cccc5ccccc45)cc3)cc2)c2cccc3c2oc2ccccc23)c(-c2ccc3sc4ccccc4c3c2)c1. The van der Waals surface area contributed by atoms with Crippen LogP contribution in [0.2, 0.25) is 0 Å². The number of rotatable bonds is 6. The number of anilines is 3. The fraction of sp³-hybridized carbons (Fsp3) is 0. The summed E-state index contributed by atoms with van der Waals surface area (Å²) in [7, 11) is 0. The van der Waals surface area contributed by atoms with Crippen LogP contribution in [-0.2, 0) is 0 Å². The molecule has 3 heteroatoms. The molecule has 55 heavy (non-hydrogen) atoms. The standard InChI is InChI=1S/C52H33NOS/c1-2-13-40-36(11-1)12-9-17-41(40)37-25-23-34(24-26-37)35-27-30-39(31-28-35)53(48-20-10-18-45-43-15-4-7-21-49(43)54-52(45)48)47-19-6-3-14-42(47)38-29-32-51-46(33-38)44-16-5-8-22-50(44)55-51/h1-33H. The lowest BCUT2D eigenvalue weighted by atomic mass is 9.96. The molecule has 2 nitrogen and oxygen atoms in total. The predicted molar refractivity (Wildman–Crippen MR) is 235 cm³/mol. The zero-order valence-electron chi connectivity index (χ0n) is 29.8. The third kappa shape index (κ3) is 5.32. The fourth-order valence-corrected chi connectivity index (χ4v) is 9.33. The zero-order chi connectivity index (χ0) is 36.3. The molecule has 11 aromatic rings. The van der Waals surface area contributed by atoms with E-state index >= 15 is 0 Å². The van der Waals surface area contributed by atoms with Crippen molar-refractivity contribution in [3.63, 3.8) is 0 Å². The molecular weight excluding hydrogens is 687 g/mol. The van der Waals surface area contributed by atoms with Crippen LogP contribution in [0.3, 0.4) is 0 Å². The molecule has 0 N–H and O–H groups in total. The Bertz CT molecular complexity index is 3200. The van der Waals surface area contributed by atoms with Gasteiger partial charge in [-0.05, 0) is 87.1 Å². The van der Waals surface area contributed by atoms with Crippen molar-refractivity contribution in [3.8, 4) is 33.4 Å². The van der Waals surface area contributed by atoms with Crippen molar-refractivity contribution in [3.05, 3.63) is 200 Å². The molecule has 0 fully saturated rings. The number of hydrogen-bond donors (Lipinski definition) is 0. The highest BCUT2D eigenvalue weighted by molar-refractivity contribution is 7.25. The van der Waals surface area contributed by atoms with Crippen LogP contribution in [0.1, 0.15) is 0 Å². The molecule has 0 saturated heterocycles. The van der Waals surface area contributed by atoms with E-state index in [1.807, 2.05) is 17.4 Å². The van der Waals surface area contributed by atoms with Gasteiger partial charge in [-0.25, -0.2) is 0 Å². The number of hydrogen-bond acceptors (Lipinski definition) is 3. The molecule has 2 aromatic heterocycles. The van der Waals surface area contributed by atoms with Crippen molar-refractivity contribution < 1.29 is 4.42 Å². The van der Waals surface area contributed by atoms with E-state index in [1.165, 1.54) is 53.2 Å². The monoisotopic (exact) mass is 719 g/mol. The first-order valence-electron chi connectivity index (χ1n) is 18.7. The Balaban J connectivity index is 1.04. The van der Waals surface area contributed by atoms with E-state index in [2.05, 4.69) is 199 Å². The van der Waals surface area contributed by atoms with Crippen LogP contribution in [0.25, 0.3) is 86.3 Å². The van der Waals surface area contributed by atoms with Gasteiger partial charge in [0.2, 0.25) is 0 Å². The lowest BCUT2D eigenvalue weighted by molar-refractivity contribution is 0.669. The molecule has 0 radical (unpaired) electrons. The molecule has 0 spiro atoms. The van der Waals surface area contributed by atoms with Gasteiger partial charge in [-0.2, -0.15) is 0 Å². The van der Waals surface area contributed by atoms with Gasteiger partial charge >= 0.3 is 0 Å². The van der Waals surface area contributed by atoms with E-state index in [0.717, 1.165) is 50.1 Å². The van der Waals surface area contributed by atoms with Gasteiger partial charge in [0.25, 0.3) is 0 Å². The van der Waals surface area contributed by atoms with Crippen molar-refractivity contribution in [2.24, 2.45) is 0 Å². The Labute approximate surface area is 322 Å². The Morgan fingerprint density at radius 3 is 1.82 bits per heavy atom. The number of furan rings is 1. The summed E-state index contributed by atoms with van der Waals surface area (Å²) in [5.41, 5.74) is 12.0. The van der Waals surface area contributed by atoms with Gasteiger partial charge in [-0.3, -0.25) is 0 Å². The van der Waals surface area contributed by atoms with Crippen LogP contribution in [0.15, 0.2) is 205 Å². The summed E-state index contributed by atoms with van der Waals surface area (Å²) in [6.07, 6.45) is 0. The lowest BCUT2D eigenvalue weighted by Gasteiger charge is -2.28. The quantitative estimate of drug-likeness (QED) is 0.170. The summed E-state index contributed by atoms with van der Waals surface area (Å²) in [6, 6.07) is 72.2. The van der Waals surface area contributed by atoms with Gasteiger partial charge in [0.15, 0.2) is 5.58 Å². The lowest BCUT2D eigenvalue weighted by Crippen LogP contribution is -2.11. The maximum Gasteiger partial charge on any atom is 0.159 e. The summed E-state index contributed by atoms with van der Waals surface area (Å²) in [6.45, 7) is 0. The van der Waals surface area contributed by atoms with Gasteiger partial charge in [0, 0.05) is 42.2 Å². The molecule has 258 valence electrons. The minimum Gasteiger partial charge on any atom is -0.454 e. The molecule has 11 rings (SSSR count). The smallest absolute Gasteiger partial charge is 0.159 e. The number of benzene rings is 9. The van der Waals surface area contributed by atoms with Crippen LogP contribution < -0.4 is 4.90 Å². The molecule has 2 heterocycles. The minimum absolute atomic E-state index is 0.867. The first-order valence-corrected chi connectivity index (χ1v) is 19.5. The second-order valence-corrected chi connectivity index (χ2v) is 15.1. The van der Waals surface area contributed by atoms with E-state index in [4.69, 9.17) is 4.42 Å². The molecule has 0 aliphatic heterocycles. The maximum absolute atomic E-state index is 6.68. The van der Waals surface area contributed by atoms with E-state index in [0.29, 0.717) is 0 Å². The molecule has 0 bridgehead atoms. The van der Waals surface area contributed by atoms with Gasteiger partial charge in [-0.15, -0.1) is 11.3 Å². The van der Waals surface area contributed by atoms with Crippen molar-refractivity contribution >= 4 is 81.3 Å². The second-order valence-electron chi connectivity index (χ2n) is 14.1. The predicted octanol–water partition coefficient (Wildman–Crippen LogP) is 15.6. The van der Waals surface area contributed by atoms with E-state index in [1.54, 1.807) is 0 Å². The first kappa shape index (κ1) is 31.6. The van der Waals surface area contributed by atoms with Crippen LogP contribution in [0.4, 0.5) is 17.1 Å². The highest BCUT2D eigenvalue weighted by Gasteiger charge is 2.22. The number of thiophene rings is 1. The Hall–Kier alpha value is -6.94. The summed E-state index contributed by atoms with van der Waals surface area (Å²) in [4.78, 5) is 2.36. The third-order valence-corrected chi connectivity index (χ3v) is 12.1. The maximum atomic E-state index is 6.68.